The van der Waals surface area contributed by atoms with Gasteiger partial charge < -0.3 is 19.8 Å². The van der Waals surface area contributed by atoms with E-state index in [4.69, 9.17) is 9.15 Å². The average Bonchev–Trinajstić information content (AvgIpc) is 2.67. The van der Waals surface area contributed by atoms with Gasteiger partial charge in [-0.25, -0.2) is 4.79 Å². The molecule has 0 aliphatic carbocycles. The van der Waals surface area contributed by atoms with E-state index in [0.717, 1.165) is 9.53 Å². The zero-order valence-corrected chi connectivity index (χ0v) is 13.9. The van der Waals surface area contributed by atoms with Gasteiger partial charge in [0.05, 0.1) is 6.54 Å². The molecule has 1 unspecified atom stereocenters. The molecule has 5 nitrogen and oxygen atoms in total. The Kier molecular flexibility index (Phi) is 6.12. The first kappa shape index (κ1) is 16.3. The van der Waals surface area contributed by atoms with Crippen LogP contribution in [0.5, 0.6) is 0 Å². The Labute approximate surface area is 127 Å². The van der Waals surface area contributed by atoms with E-state index in [-0.39, 0.29) is 6.04 Å². The van der Waals surface area contributed by atoms with E-state index < -0.39 is 11.7 Å². The quantitative estimate of drug-likeness (QED) is 0.772. The molecule has 0 saturated carbocycles. The molecule has 0 fully saturated rings. The second-order valence-electron chi connectivity index (χ2n) is 5.37. The van der Waals surface area contributed by atoms with Gasteiger partial charge >= 0.3 is 6.09 Å². The van der Waals surface area contributed by atoms with Gasteiger partial charge in [-0.3, -0.25) is 0 Å². The highest BCUT2D eigenvalue weighted by Gasteiger charge is 2.16. The topological polar surface area (TPSA) is 63.5 Å². The number of rotatable bonds is 5. The summed E-state index contributed by atoms with van der Waals surface area (Å²) >= 11 is 2.13. The molecule has 0 saturated heterocycles. The lowest BCUT2D eigenvalue weighted by Gasteiger charge is -2.21. The zero-order chi connectivity index (χ0) is 14.5. The maximum absolute atomic E-state index is 11.5. The molecule has 19 heavy (non-hydrogen) atoms. The number of hydrogen-bond acceptors (Lipinski definition) is 4. The number of furan rings is 1. The normalized spacial score (nSPS) is 13.1. The van der Waals surface area contributed by atoms with E-state index >= 15 is 0 Å². The van der Waals surface area contributed by atoms with Crippen LogP contribution in [-0.4, -0.2) is 24.3 Å². The van der Waals surface area contributed by atoms with Crippen LogP contribution in [0.1, 0.15) is 33.5 Å². The molecule has 0 spiro atoms. The first-order chi connectivity index (χ1) is 8.76. The zero-order valence-electron chi connectivity index (χ0n) is 11.7. The molecule has 1 rings (SSSR count). The van der Waals surface area contributed by atoms with Gasteiger partial charge in [-0.05, 0) is 62.4 Å². The summed E-state index contributed by atoms with van der Waals surface area (Å²) in [4.78, 5) is 11.5. The fourth-order valence-electron chi connectivity index (χ4n) is 1.34. The first-order valence-electron chi connectivity index (χ1n) is 6.21. The summed E-state index contributed by atoms with van der Waals surface area (Å²) in [5, 5.41) is 5.99. The summed E-state index contributed by atoms with van der Waals surface area (Å²) < 4.78 is 11.5. The maximum atomic E-state index is 11.5. The summed E-state index contributed by atoms with van der Waals surface area (Å²) in [5.74, 6) is 0.883. The minimum Gasteiger partial charge on any atom is -0.454 e. The van der Waals surface area contributed by atoms with Crippen molar-refractivity contribution in [1.82, 2.24) is 10.6 Å². The molecule has 0 radical (unpaired) electrons. The van der Waals surface area contributed by atoms with Crippen LogP contribution in [0.3, 0.4) is 0 Å². The molecule has 1 aromatic heterocycles. The molecule has 0 aliphatic heterocycles. The Balaban J connectivity index is 2.21. The van der Waals surface area contributed by atoms with Gasteiger partial charge in [0.2, 0.25) is 0 Å². The SMILES string of the molecule is CC(CNC(=O)OC(C)(C)C)NCc1ccc(I)o1. The van der Waals surface area contributed by atoms with Crippen LogP contribution in [0.2, 0.25) is 0 Å². The number of hydrogen-bond donors (Lipinski definition) is 2. The average molecular weight is 380 g/mol. The van der Waals surface area contributed by atoms with Crippen molar-refractivity contribution in [2.24, 2.45) is 0 Å². The lowest BCUT2D eigenvalue weighted by molar-refractivity contribution is 0.0523. The molecule has 0 aromatic carbocycles. The third-order valence-electron chi connectivity index (χ3n) is 2.21. The van der Waals surface area contributed by atoms with Gasteiger partial charge in [0.15, 0.2) is 3.77 Å². The number of nitrogens with one attached hydrogen (secondary N) is 2. The van der Waals surface area contributed by atoms with Gasteiger partial charge in [-0.1, -0.05) is 0 Å². The van der Waals surface area contributed by atoms with Gasteiger partial charge in [0, 0.05) is 12.6 Å². The van der Waals surface area contributed by atoms with Crippen LogP contribution in [0.25, 0.3) is 0 Å². The van der Waals surface area contributed by atoms with Crippen molar-refractivity contribution in [3.8, 4) is 0 Å². The Hall–Kier alpha value is -0.760. The third kappa shape index (κ3) is 7.41. The number of halogens is 1. The Morgan fingerprint density at radius 2 is 2.16 bits per heavy atom. The van der Waals surface area contributed by atoms with E-state index in [1.54, 1.807) is 0 Å². The third-order valence-corrected chi connectivity index (χ3v) is 2.78. The van der Waals surface area contributed by atoms with Crippen molar-refractivity contribution in [1.29, 1.82) is 0 Å². The molecule has 0 aliphatic rings. The second-order valence-corrected chi connectivity index (χ2v) is 6.43. The summed E-state index contributed by atoms with van der Waals surface area (Å²) in [5.41, 5.74) is -0.467. The molecule has 108 valence electrons. The van der Waals surface area contributed by atoms with Crippen molar-refractivity contribution in [2.45, 2.75) is 45.9 Å². The predicted molar refractivity (Wildman–Crippen MR) is 82.0 cm³/mol. The highest BCUT2D eigenvalue weighted by molar-refractivity contribution is 14.1. The van der Waals surface area contributed by atoms with Gasteiger partial charge in [-0.15, -0.1) is 0 Å². The fraction of sp³-hybridized carbons (Fsp3) is 0.615. The number of carbonyl (C=O) groups is 1. The van der Waals surface area contributed by atoms with E-state index in [1.165, 1.54) is 0 Å². The largest absolute Gasteiger partial charge is 0.454 e. The number of ether oxygens (including phenoxy) is 1. The summed E-state index contributed by atoms with van der Waals surface area (Å²) in [6, 6.07) is 3.99. The second kappa shape index (κ2) is 7.14. The van der Waals surface area contributed by atoms with E-state index in [2.05, 4.69) is 33.2 Å². The minimum absolute atomic E-state index is 0.135. The fourth-order valence-corrected chi connectivity index (χ4v) is 1.81. The molecular formula is C13H21IN2O3. The summed E-state index contributed by atoms with van der Waals surface area (Å²) in [6.45, 7) is 8.66. The van der Waals surface area contributed by atoms with Crippen LogP contribution >= 0.6 is 22.6 Å². The molecule has 2 N–H and O–H groups in total. The van der Waals surface area contributed by atoms with Gasteiger partial charge in [-0.2, -0.15) is 0 Å². The highest BCUT2D eigenvalue weighted by atomic mass is 127. The first-order valence-corrected chi connectivity index (χ1v) is 7.28. The molecular weight excluding hydrogens is 359 g/mol. The van der Waals surface area contributed by atoms with Crippen molar-refractivity contribution in [3.05, 3.63) is 21.7 Å². The van der Waals surface area contributed by atoms with Gasteiger partial charge in [0.1, 0.15) is 11.4 Å². The lowest BCUT2D eigenvalue weighted by atomic mass is 10.2. The van der Waals surface area contributed by atoms with Gasteiger partial charge in [0.25, 0.3) is 0 Å². The number of alkyl carbamates (subject to hydrolysis) is 1. The molecule has 1 aromatic rings. The van der Waals surface area contributed by atoms with Crippen molar-refractivity contribution >= 4 is 28.7 Å². The van der Waals surface area contributed by atoms with Crippen molar-refractivity contribution < 1.29 is 13.9 Å². The van der Waals surface area contributed by atoms with Crippen LogP contribution in [0.4, 0.5) is 4.79 Å². The smallest absolute Gasteiger partial charge is 0.407 e. The summed E-state index contributed by atoms with van der Waals surface area (Å²) in [7, 11) is 0. The van der Waals surface area contributed by atoms with Crippen LogP contribution in [0.15, 0.2) is 16.5 Å². The standard InChI is InChI=1S/C13H21IN2O3/c1-9(7-16-12(17)19-13(2,3)4)15-8-10-5-6-11(14)18-10/h5-6,9,15H,7-8H2,1-4H3,(H,16,17). The molecule has 1 heterocycles. The van der Waals surface area contributed by atoms with E-state index in [9.17, 15) is 4.79 Å². The molecule has 0 bridgehead atoms. The van der Waals surface area contributed by atoms with Crippen LogP contribution in [0, 0.1) is 3.77 Å². The Morgan fingerprint density at radius 3 is 2.68 bits per heavy atom. The number of carbonyl (C=O) groups excluding carboxylic acids is 1. The summed E-state index contributed by atoms with van der Waals surface area (Å²) in [6.07, 6.45) is -0.395. The Bertz CT molecular complexity index is 412. The highest BCUT2D eigenvalue weighted by Crippen LogP contribution is 2.09. The molecule has 6 heteroatoms. The van der Waals surface area contributed by atoms with Crippen LogP contribution in [-0.2, 0) is 11.3 Å². The van der Waals surface area contributed by atoms with E-state index in [0.29, 0.717) is 13.1 Å². The van der Waals surface area contributed by atoms with Crippen molar-refractivity contribution in [3.63, 3.8) is 0 Å². The van der Waals surface area contributed by atoms with Crippen molar-refractivity contribution in [2.75, 3.05) is 6.54 Å². The predicted octanol–water partition coefficient (Wildman–Crippen LogP) is 2.89. The minimum atomic E-state index is -0.467. The number of amides is 1. The monoisotopic (exact) mass is 380 g/mol. The van der Waals surface area contributed by atoms with E-state index in [1.807, 2.05) is 39.8 Å². The lowest BCUT2D eigenvalue weighted by Crippen LogP contribution is -2.40. The maximum Gasteiger partial charge on any atom is 0.407 e. The van der Waals surface area contributed by atoms with Crippen LogP contribution < -0.4 is 10.6 Å². The molecule has 1 atom stereocenters. The Morgan fingerprint density at radius 1 is 1.47 bits per heavy atom. The molecule has 1 amide bonds.